The fraction of sp³-hybridized carbons (Fsp3) is 0.286. The first-order valence-corrected chi connectivity index (χ1v) is 8.64. The molecular weight excluding hydrogens is 318 g/mol. The smallest absolute Gasteiger partial charge is 0.294 e. The number of aromatic nitrogens is 5. The average molecular weight is 333 g/mol. The Kier molecular flexibility index (Phi) is 5.02. The van der Waals surface area contributed by atoms with Gasteiger partial charge in [-0.15, -0.1) is 10.2 Å². The lowest BCUT2D eigenvalue weighted by molar-refractivity contribution is 0.335. The lowest BCUT2D eigenvalue weighted by Crippen LogP contribution is -2.02. The Morgan fingerprint density at radius 2 is 2.18 bits per heavy atom. The van der Waals surface area contributed by atoms with Gasteiger partial charge in [-0.1, -0.05) is 29.2 Å². The van der Waals surface area contributed by atoms with Crippen molar-refractivity contribution in [2.75, 3.05) is 6.61 Å². The van der Waals surface area contributed by atoms with Crippen molar-refractivity contribution in [1.82, 2.24) is 24.7 Å². The van der Waals surface area contributed by atoms with E-state index in [4.69, 9.17) is 4.74 Å². The van der Waals surface area contributed by atoms with E-state index in [1.807, 2.05) is 31.3 Å². The summed E-state index contributed by atoms with van der Waals surface area (Å²) >= 11 is 3.11. The standard InChI is InChI=1S/C14H15N5OS2/c1-2-20-14-18-17-12(22-14)10-21-13-16-7-8-19(13)9-11-5-3-4-6-15-11/h3-8H,2,9-10H2,1H3. The molecule has 0 bridgehead atoms. The SMILES string of the molecule is CCOc1nnc(CSc2nccn2Cc2ccccn2)s1. The van der Waals surface area contributed by atoms with E-state index in [1.54, 1.807) is 24.2 Å². The Balaban J connectivity index is 1.62. The first-order valence-electron chi connectivity index (χ1n) is 6.84. The average Bonchev–Trinajstić information content (AvgIpc) is 3.16. The van der Waals surface area contributed by atoms with Crippen LogP contribution >= 0.6 is 23.1 Å². The molecule has 0 aliphatic heterocycles. The highest BCUT2D eigenvalue weighted by atomic mass is 32.2. The second-order valence-corrected chi connectivity index (χ2v) is 6.31. The predicted octanol–water partition coefficient (Wildman–Crippen LogP) is 2.87. The predicted molar refractivity (Wildman–Crippen MR) is 86.2 cm³/mol. The first kappa shape index (κ1) is 15.0. The van der Waals surface area contributed by atoms with Crippen LogP contribution in [0.2, 0.25) is 0 Å². The Morgan fingerprint density at radius 1 is 1.23 bits per heavy atom. The molecule has 0 aromatic carbocycles. The molecule has 3 aromatic heterocycles. The number of thioether (sulfide) groups is 1. The number of ether oxygens (including phenoxy) is 1. The van der Waals surface area contributed by atoms with Gasteiger partial charge in [-0.25, -0.2) is 4.98 Å². The maximum absolute atomic E-state index is 5.33. The summed E-state index contributed by atoms with van der Waals surface area (Å²) in [4.78, 5) is 8.74. The molecule has 22 heavy (non-hydrogen) atoms. The molecule has 0 spiro atoms. The Labute approximate surface area is 136 Å². The van der Waals surface area contributed by atoms with Crippen LogP contribution in [0.15, 0.2) is 41.9 Å². The van der Waals surface area contributed by atoms with Crippen LogP contribution in [0.3, 0.4) is 0 Å². The number of hydrogen-bond donors (Lipinski definition) is 0. The molecule has 0 amide bonds. The van der Waals surface area contributed by atoms with Crippen molar-refractivity contribution in [3.63, 3.8) is 0 Å². The lowest BCUT2D eigenvalue weighted by atomic mass is 10.3. The van der Waals surface area contributed by atoms with Crippen molar-refractivity contribution >= 4 is 23.1 Å². The summed E-state index contributed by atoms with van der Waals surface area (Å²) in [6.45, 7) is 3.25. The minimum absolute atomic E-state index is 0.607. The third kappa shape index (κ3) is 3.83. The molecule has 3 heterocycles. The van der Waals surface area contributed by atoms with E-state index in [-0.39, 0.29) is 0 Å². The molecule has 6 nitrogen and oxygen atoms in total. The summed E-state index contributed by atoms with van der Waals surface area (Å²) in [5, 5.41) is 10.6. The molecule has 0 unspecified atom stereocenters. The highest BCUT2D eigenvalue weighted by Crippen LogP contribution is 2.26. The summed E-state index contributed by atoms with van der Waals surface area (Å²) in [5.74, 6) is 0.726. The van der Waals surface area contributed by atoms with Crippen molar-refractivity contribution in [3.8, 4) is 5.19 Å². The second-order valence-electron chi connectivity index (χ2n) is 4.34. The van der Waals surface area contributed by atoms with Crippen molar-refractivity contribution in [3.05, 3.63) is 47.5 Å². The molecule has 0 radical (unpaired) electrons. The van der Waals surface area contributed by atoms with Crippen LogP contribution in [-0.4, -0.2) is 31.3 Å². The molecule has 3 aromatic rings. The van der Waals surface area contributed by atoms with Gasteiger partial charge in [-0.2, -0.15) is 0 Å². The highest BCUT2D eigenvalue weighted by Gasteiger charge is 2.09. The molecule has 0 aliphatic carbocycles. The number of nitrogens with zero attached hydrogens (tertiary/aromatic N) is 5. The normalized spacial score (nSPS) is 10.8. The Bertz CT molecular complexity index is 713. The van der Waals surface area contributed by atoms with Crippen LogP contribution < -0.4 is 4.74 Å². The zero-order valence-electron chi connectivity index (χ0n) is 12.0. The molecule has 0 aliphatic rings. The maximum atomic E-state index is 5.33. The molecule has 114 valence electrons. The Morgan fingerprint density at radius 3 is 3.00 bits per heavy atom. The maximum Gasteiger partial charge on any atom is 0.294 e. The van der Waals surface area contributed by atoms with E-state index in [0.717, 1.165) is 21.6 Å². The largest absolute Gasteiger partial charge is 0.469 e. The van der Waals surface area contributed by atoms with Crippen LogP contribution in [0.4, 0.5) is 0 Å². The Hall–Kier alpha value is -1.93. The summed E-state index contributed by atoms with van der Waals surface area (Å²) in [6.07, 6.45) is 5.56. The fourth-order valence-corrected chi connectivity index (χ4v) is 3.52. The van der Waals surface area contributed by atoms with Gasteiger partial charge in [-0.3, -0.25) is 4.98 Å². The number of imidazole rings is 1. The van der Waals surface area contributed by atoms with E-state index in [9.17, 15) is 0 Å². The molecule has 3 rings (SSSR count). The lowest BCUT2D eigenvalue weighted by Gasteiger charge is -2.05. The summed E-state index contributed by atoms with van der Waals surface area (Å²) in [5.41, 5.74) is 1.01. The number of hydrogen-bond acceptors (Lipinski definition) is 7. The molecular formula is C14H15N5OS2. The van der Waals surface area contributed by atoms with E-state index in [0.29, 0.717) is 18.3 Å². The monoisotopic (exact) mass is 333 g/mol. The third-order valence-electron chi connectivity index (χ3n) is 2.78. The molecule has 8 heteroatoms. The zero-order chi connectivity index (χ0) is 15.2. The van der Waals surface area contributed by atoms with Gasteiger partial charge >= 0.3 is 0 Å². The minimum Gasteiger partial charge on any atom is -0.469 e. The number of rotatable bonds is 7. The van der Waals surface area contributed by atoms with Crippen LogP contribution in [0.25, 0.3) is 0 Å². The topological polar surface area (TPSA) is 65.7 Å². The van der Waals surface area contributed by atoms with Gasteiger partial charge in [0.25, 0.3) is 5.19 Å². The van der Waals surface area contributed by atoms with Crippen molar-refractivity contribution < 1.29 is 4.74 Å². The minimum atomic E-state index is 0.607. The molecule has 0 N–H and O–H groups in total. The van der Waals surface area contributed by atoms with Gasteiger partial charge in [0.05, 0.1) is 24.6 Å². The van der Waals surface area contributed by atoms with E-state index in [2.05, 4.69) is 24.7 Å². The van der Waals surface area contributed by atoms with Crippen LogP contribution in [0.1, 0.15) is 17.6 Å². The van der Waals surface area contributed by atoms with Gasteiger partial charge in [-0.05, 0) is 19.1 Å². The van der Waals surface area contributed by atoms with Crippen LogP contribution in [0, 0.1) is 0 Å². The van der Waals surface area contributed by atoms with Crippen molar-refractivity contribution in [1.29, 1.82) is 0 Å². The summed E-state index contributed by atoms with van der Waals surface area (Å²) in [6, 6.07) is 5.91. The zero-order valence-corrected chi connectivity index (χ0v) is 13.7. The second kappa shape index (κ2) is 7.37. The van der Waals surface area contributed by atoms with Gasteiger partial charge in [0, 0.05) is 18.6 Å². The van der Waals surface area contributed by atoms with E-state index < -0.39 is 0 Å². The molecule has 0 fully saturated rings. The molecule has 0 saturated heterocycles. The van der Waals surface area contributed by atoms with Gasteiger partial charge in [0.15, 0.2) is 5.16 Å². The van der Waals surface area contributed by atoms with Gasteiger partial charge in [0.2, 0.25) is 0 Å². The quantitative estimate of drug-likeness (QED) is 0.620. The van der Waals surface area contributed by atoms with E-state index >= 15 is 0 Å². The van der Waals surface area contributed by atoms with Crippen LogP contribution in [0.5, 0.6) is 5.19 Å². The van der Waals surface area contributed by atoms with Gasteiger partial charge in [0.1, 0.15) is 5.01 Å². The van der Waals surface area contributed by atoms with E-state index in [1.165, 1.54) is 11.3 Å². The number of pyridine rings is 1. The summed E-state index contributed by atoms with van der Waals surface area (Å²) < 4.78 is 7.41. The van der Waals surface area contributed by atoms with Crippen molar-refractivity contribution in [2.45, 2.75) is 24.4 Å². The molecule has 0 atom stereocenters. The first-order chi connectivity index (χ1) is 10.8. The molecule has 0 saturated carbocycles. The van der Waals surface area contributed by atoms with Crippen LogP contribution in [-0.2, 0) is 12.3 Å². The summed E-state index contributed by atoms with van der Waals surface area (Å²) in [7, 11) is 0. The van der Waals surface area contributed by atoms with Gasteiger partial charge < -0.3 is 9.30 Å². The van der Waals surface area contributed by atoms with Crippen molar-refractivity contribution in [2.24, 2.45) is 0 Å². The highest BCUT2D eigenvalue weighted by molar-refractivity contribution is 7.98. The fourth-order valence-electron chi connectivity index (χ4n) is 1.83. The third-order valence-corrected chi connectivity index (χ3v) is 4.81.